The van der Waals surface area contributed by atoms with E-state index in [1.807, 2.05) is 0 Å². The molecular formula is C6H9N3O2. The Kier molecular flexibility index (Phi) is 2.59. The fourth-order valence-electron chi connectivity index (χ4n) is 0.795. The standard InChI is InChI=1S/C6H9N3O2/c10-9(11)6-2-5-8-4-1-3-7-8/h1,3-4H,2,5-6H2. The minimum Gasteiger partial charge on any atom is -0.273 e. The van der Waals surface area contributed by atoms with Crippen molar-refractivity contribution in [3.05, 3.63) is 28.6 Å². The molecule has 0 unspecified atom stereocenters. The molecule has 0 amide bonds. The Hall–Kier alpha value is -1.39. The average molecular weight is 155 g/mol. The van der Waals surface area contributed by atoms with Gasteiger partial charge in [0.1, 0.15) is 0 Å². The Labute approximate surface area is 63.8 Å². The van der Waals surface area contributed by atoms with E-state index in [1.165, 1.54) is 0 Å². The third-order valence-electron chi connectivity index (χ3n) is 1.29. The Morgan fingerprint density at radius 3 is 3.00 bits per heavy atom. The second kappa shape index (κ2) is 3.70. The highest BCUT2D eigenvalue weighted by Gasteiger charge is 1.96. The van der Waals surface area contributed by atoms with Gasteiger partial charge >= 0.3 is 0 Å². The van der Waals surface area contributed by atoms with E-state index in [4.69, 9.17) is 0 Å². The molecule has 1 aromatic rings. The van der Waals surface area contributed by atoms with Gasteiger partial charge in [0.15, 0.2) is 0 Å². The van der Waals surface area contributed by atoms with Crippen molar-refractivity contribution in [1.82, 2.24) is 9.78 Å². The number of rotatable bonds is 4. The molecule has 0 fully saturated rings. The quantitative estimate of drug-likeness (QED) is 0.471. The van der Waals surface area contributed by atoms with Crippen LogP contribution in [0.25, 0.3) is 0 Å². The van der Waals surface area contributed by atoms with Crippen molar-refractivity contribution in [3.63, 3.8) is 0 Å². The van der Waals surface area contributed by atoms with Crippen LogP contribution in [0.4, 0.5) is 0 Å². The highest BCUT2D eigenvalue weighted by molar-refractivity contribution is 4.77. The van der Waals surface area contributed by atoms with E-state index in [-0.39, 0.29) is 11.5 Å². The fraction of sp³-hybridized carbons (Fsp3) is 0.500. The molecular weight excluding hydrogens is 146 g/mol. The Bertz CT molecular complexity index is 220. The van der Waals surface area contributed by atoms with Crippen molar-refractivity contribution < 1.29 is 4.92 Å². The lowest BCUT2D eigenvalue weighted by molar-refractivity contribution is -0.480. The molecule has 0 aliphatic rings. The topological polar surface area (TPSA) is 61.0 Å². The van der Waals surface area contributed by atoms with Gasteiger partial charge in [-0.2, -0.15) is 5.10 Å². The lowest BCUT2D eigenvalue weighted by Crippen LogP contribution is -2.06. The number of nitro groups is 1. The first kappa shape index (κ1) is 7.71. The van der Waals surface area contributed by atoms with Crippen molar-refractivity contribution in [1.29, 1.82) is 0 Å². The molecule has 60 valence electrons. The zero-order valence-electron chi connectivity index (χ0n) is 6.01. The zero-order chi connectivity index (χ0) is 8.10. The fourth-order valence-corrected chi connectivity index (χ4v) is 0.795. The largest absolute Gasteiger partial charge is 0.273 e. The highest BCUT2D eigenvalue weighted by atomic mass is 16.6. The summed E-state index contributed by atoms with van der Waals surface area (Å²) in [5.41, 5.74) is 0. The predicted octanol–water partition coefficient (Wildman–Crippen LogP) is 0.550. The third kappa shape index (κ3) is 2.79. The van der Waals surface area contributed by atoms with Crippen LogP contribution in [0.15, 0.2) is 18.5 Å². The molecule has 0 N–H and O–H groups in total. The van der Waals surface area contributed by atoms with Crippen LogP contribution in [0.3, 0.4) is 0 Å². The maximum atomic E-state index is 9.90. The van der Waals surface area contributed by atoms with Crippen LogP contribution in [0.1, 0.15) is 6.42 Å². The molecule has 0 bridgehead atoms. The van der Waals surface area contributed by atoms with Crippen LogP contribution in [-0.4, -0.2) is 21.2 Å². The Balaban J connectivity index is 2.19. The molecule has 1 aromatic heterocycles. The normalized spacial score (nSPS) is 9.82. The highest BCUT2D eigenvalue weighted by Crippen LogP contribution is 1.88. The number of aryl methyl sites for hydroxylation is 1. The van der Waals surface area contributed by atoms with Crippen LogP contribution in [0.2, 0.25) is 0 Å². The summed E-state index contributed by atoms with van der Waals surface area (Å²) in [6, 6.07) is 1.80. The SMILES string of the molecule is O=[N+]([O-])CCCn1cccn1. The van der Waals surface area contributed by atoms with E-state index in [2.05, 4.69) is 5.10 Å². The van der Waals surface area contributed by atoms with Crippen molar-refractivity contribution in [2.45, 2.75) is 13.0 Å². The first-order chi connectivity index (χ1) is 5.29. The van der Waals surface area contributed by atoms with E-state index in [9.17, 15) is 10.1 Å². The van der Waals surface area contributed by atoms with Gasteiger partial charge in [-0.3, -0.25) is 14.8 Å². The van der Waals surface area contributed by atoms with Crippen LogP contribution in [0, 0.1) is 10.1 Å². The molecule has 0 saturated carbocycles. The van der Waals surface area contributed by atoms with Gasteiger partial charge in [-0.05, 0) is 6.07 Å². The lowest BCUT2D eigenvalue weighted by atomic mass is 10.4. The van der Waals surface area contributed by atoms with Crippen LogP contribution in [0.5, 0.6) is 0 Å². The van der Waals surface area contributed by atoms with Gasteiger partial charge in [-0.25, -0.2) is 0 Å². The molecule has 5 heteroatoms. The van der Waals surface area contributed by atoms with Crippen molar-refractivity contribution in [2.75, 3.05) is 6.54 Å². The molecule has 1 heterocycles. The Morgan fingerprint density at radius 2 is 2.45 bits per heavy atom. The number of aromatic nitrogens is 2. The molecule has 0 saturated heterocycles. The molecule has 5 nitrogen and oxygen atoms in total. The summed E-state index contributed by atoms with van der Waals surface area (Å²) in [7, 11) is 0. The minimum atomic E-state index is -0.316. The average Bonchev–Trinajstić information content (AvgIpc) is 2.39. The van der Waals surface area contributed by atoms with Crippen LogP contribution >= 0.6 is 0 Å². The summed E-state index contributed by atoms with van der Waals surface area (Å²) in [4.78, 5) is 9.59. The second-order valence-electron chi connectivity index (χ2n) is 2.18. The monoisotopic (exact) mass is 155 g/mol. The summed E-state index contributed by atoms with van der Waals surface area (Å²) >= 11 is 0. The molecule has 0 spiro atoms. The second-order valence-corrected chi connectivity index (χ2v) is 2.18. The molecule has 0 atom stereocenters. The van der Waals surface area contributed by atoms with Gasteiger partial charge < -0.3 is 0 Å². The van der Waals surface area contributed by atoms with Crippen LogP contribution < -0.4 is 0 Å². The van der Waals surface area contributed by atoms with E-state index >= 15 is 0 Å². The van der Waals surface area contributed by atoms with Gasteiger partial charge in [0.2, 0.25) is 6.54 Å². The van der Waals surface area contributed by atoms with Gasteiger partial charge in [0.25, 0.3) is 0 Å². The van der Waals surface area contributed by atoms with Crippen molar-refractivity contribution >= 4 is 0 Å². The first-order valence-corrected chi connectivity index (χ1v) is 3.38. The third-order valence-corrected chi connectivity index (χ3v) is 1.29. The summed E-state index contributed by atoms with van der Waals surface area (Å²) in [5.74, 6) is 0. The summed E-state index contributed by atoms with van der Waals surface area (Å²) in [6.45, 7) is 0.633. The van der Waals surface area contributed by atoms with E-state index in [0.717, 1.165) is 0 Å². The van der Waals surface area contributed by atoms with Crippen LogP contribution in [-0.2, 0) is 6.54 Å². The lowest BCUT2D eigenvalue weighted by Gasteiger charge is -1.95. The van der Waals surface area contributed by atoms with E-state index in [1.54, 1.807) is 23.1 Å². The van der Waals surface area contributed by atoms with Gasteiger partial charge in [0, 0.05) is 30.3 Å². The van der Waals surface area contributed by atoms with Crippen molar-refractivity contribution in [3.8, 4) is 0 Å². The van der Waals surface area contributed by atoms with Gasteiger partial charge in [0.05, 0.1) is 0 Å². The predicted molar refractivity (Wildman–Crippen MR) is 38.7 cm³/mol. The summed E-state index contributed by atoms with van der Waals surface area (Å²) in [6.07, 6.45) is 3.99. The first-order valence-electron chi connectivity index (χ1n) is 3.38. The smallest absolute Gasteiger partial charge is 0.205 e. The number of hydrogen-bond donors (Lipinski definition) is 0. The summed E-state index contributed by atoms with van der Waals surface area (Å²) < 4.78 is 1.68. The molecule has 0 aliphatic heterocycles. The van der Waals surface area contributed by atoms with Gasteiger partial charge in [-0.15, -0.1) is 0 Å². The molecule has 0 aromatic carbocycles. The maximum absolute atomic E-state index is 9.90. The Morgan fingerprint density at radius 1 is 1.64 bits per heavy atom. The number of nitrogens with zero attached hydrogens (tertiary/aromatic N) is 3. The molecule has 1 rings (SSSR count). The zero-order valence-corrected chi connectivity index (χ0v) is 6.01. The van der Waals surface area contributed by atoms with E-state index in [0.29, 0.717) is 13.0 Å². The van der Waals surface area contributed by atoms with Crippen molar-refractivity contribution in [2.24, 2.45) is 0 Å². The number of hydrogen-bond acceptors (Lipinski definition) is 3. The molecule has 0 aliphatic carbocycles. The molecule has 0 radical (unpaired) electrons. The minimum absolute atomic E-state index is 0.0137. The molecule has 11 heavy (non-hydrogen) atoms. The van der Waals surface area contributed by atoms with Gasteiger partial charge in [-0.1, -0.05) is 0 Å². The maximum Gasteiger partial charge on any atom is 0.205 e. The summed E-state index contributed by atoms with van der Waals surface area (Å²) in [5, 5.41) is 13.8. The van der Waals surface area contributed by atoms with E-state index < -0.39 is 0 Å².